The molecule has 3 amide bonds. The van der Waals surface area contributed by atoms with Crippen molar-refractivity contribution >= 4 is 52.0 Å². The van der Waals surface area contributed by atoms with Gasteiger partial charge in [-0.2, -0.15) is 4.37 Å². The van der Waals surface area contributed by atoms with E-state index in [4.69, 9.17) is 20.9 Å². The van der Waals surface area contributed by atoms with Gasteiger partial charge in [0.05, 0.1) is 18.9 Å². The third-order valence-electron chi connectivity index (χ3n) is 5.55. The summed E-state index contributed by atoms with van der Waals surface area (Å²) in [5, 5.41) is 4.77. The molecule has 1 saturated heterocycles. The number of thiophene rings is 1. The van der Waals surface area contributed by atoms with Crippen molar-refractivity contribution in [3.8, 4) is 5.75 Å². The van der Waals surface area contributed by atoms with Gasteiger partial charge in [0.15, 0.2) is 11.7 Å². The Kier molecular flexibility index (Phi) is 7.63. The highest BCUT2D eigenvalue weighted by Gasteiger charge is 2.37. The minimum Gasteiger partial charge on any atom is -0.497 e. The lowest BCUT2D eigenvalue weighted by Gasteiger charge is -2.30. The summed E-state index contributed by atoms with van der Waals surface area (Å²) in [6, 6.07) is 9.37. The molecule has 0 aliphatic carbocycles. The topological polar surface area (TPSA) is 150 Å². The van der Waals surface area contributed by atoms with Gasteiger partial charge in [-0.25, -0.2) is 0 Å². The average molecular weight is 516 g/mol. The highest BCUT2D eigenvalue weighted by Crippen LogP contribution is 2.36. The normalized spacial score (nSPS) is 16.0. The van der Waals surface area contributed by atoms with Gasteiger partial charge in [0.1, 0.15) is 10.6 Å². The third kappa shape index (κ3) is 5.29. The molecule has 0 radical (unpaired) electrons. The van der Waals surface area contributed by atoms with Crippen molar-refractivity contribution in [1.29, 1.82) is 0 Å². The van der Waals surface area contributed by atoms with E-state index in [0.717, 1.165) is 24.4 Å². The number of ether oxygens (including phenoxy) is 2. The second-order valence-electron chi connectivity index (χ2n) is 7.81. The largest absolute Gasteiger partial charge is 0.497 e. The summed E-state index contributed by atoms with van der Waals surface area (Å²) in [4.78, 5) is 41.2. The second kappa shape index (κ2) is 10.8. The third-order valence-corrected chi connectivity index (χ3v) is 7.33. The molecule has 1 aromatic carbocycles. The molecule has 1 fully saturated rings. The van der Waals surface area contributed by atoms with Crippen molar-refractivity contribution in [3.63, 3.8) is 0 Å². The van der Waals surface area contributed by atoms with Crippen LogP contribution in [0.15, 0.2) is 41.8 Å². The fourth-order valence-corrected chi connectivity index (χ4v) is 5.37. The van der Waals surface area contributed by atoms with E-state index >= 15 is 0 Å². The van der Waals surface area contributed by atoms with Crippen LogP contribution in [0.1, 0.15) is 43.9 Å². The SMILES string of the molecule is COc1cccc(N(C(=O)c2snc(C(N)=O)c2N)[C@H](C(=O)NC[C@@H]2CCCO2)c2cccs2)c1. The molecule has 2 atom stereocenters. The predicted molar refractivity (Wildman–Crippen MR) is 134 cm³/mol. The number of rotatable bonds is 9. The van der Waals surface area contributed by atoms with Crippen LogP contribution in [0, 0.1) is 0 Å². The number of hydrogen-bond acceptors (Lipinski definition) is 9. The van der Waals surface area contributed by atoms with Crippen LogP contribution in [-0.4, -0.2) is 48.5 Å². The molecular weight excluding hydrogens is 490 g/mol. The van der Waals surface area contributed by atoms with Crippen molar-refractivity contribution in [1.82, 2.24) is 9.69 Å². The second-order valence-corrected chi connectivity index (χ2v) is 9.57. The Morgan fingerprint density at radius 3 is 2.77 bits per heavy atom. The molecule has 184 valence electrons. The van der Waals surface area contributed by atoms with E-state index in [2.05, 4.69) is 9.69 Å². The molecule has 3 heterocycles. The monoisotopic (exact) mass is 515 g/mol. The summed E-state index contributed by atoms with van der Waals surface area (Å²) >= 11 is 2.10. The highest BCUT2D eigenvalue weighted by atomic mass is 32.1. The number of hydrogen-bond donors (Lipinski definition) is 3. The van der Waals surface area contributed by atoms with Gasteiger partial charge in [0, 0.05) is 29.8 Å². The smallest absolute Gasteiger partial charge is 0.273 e. The average Bonchev–Trinajstić information content (AvgIpc) is 3.63. The summed E-state index contributed by atoms with van der Waals surface area (Å²) in [7, 11) is 1.51. The number of nitrogen functional groups attached to an aromatic ring is 1. The first-order valence-corrected chi connectivity index (χ1v) is 12.5. The molecule has 0 saturated carbocycles. The number of methoxy groups -OCH3 is 1. The van der Waals surface area contributed by atoms with E-state index in [0.29, 0.717) is 29.5 Å². The van der Waals surface area contributed by atoms with Gasteiger partial charge in [-0.1, -0.05) is 12.1 Å². The number of carbonyl (C=O) groups excluding carboxylic acids is 3. The van der Waals surface area contributed by atoms with Crippen LogP contribution in [0.3, 0.4) is 0 Å². The number of benzene rings is 1. The number of amides is 3. The number of nitrogens with two attached hydrogens (primary N) is 2. The van der Waals surface area contributed by atoms with Crippen LogP contribution in [0.2, 0.25) is 0 Å². The maximum Gasteiger partial charge on any atom is 0.273 e. The molecule has 5 N–H and O–H groups in total. The Hall–Kier alpha value is -3.48. The summed E-state index contributed by atoms with van der Waals surface area (Å²) in [6.07, 6.45) is 1.73. The highest BCUT2D eigenvalue weighted by molar-refractivity contribution is 7.10. The van der Waals surface area contributed by atoms with Crippen LogP contribution in [0.5, 0.6) is 5.75 Å². The van der Waals surface area contributed by atoms with E-state index in [1.54, 1.807) is 36.4 Å². The van der Waals surface area contributed by atoms with E-state index in [1.807, 2.05) is 5.38 Å². The molecule has 3 aromatic rings. The van der Waals surface area contributed by atoms with Crippen LogP contribution in [0.25, 0.3) is 0 Å². The van der Waals surface area contributed by atoms with Crippen molar-refractivity contribution in [2.75, 3.05) is 30.9 Å². The fraction of sp³-hybridized carbons (Fsp3) is 0.304. The summed E-state index contributed by atoms with van der Waals surface area (Å²) < 4.78 is 14.9. The van der Waals surface area contributed by atoms with E-state index in [-0.39, 0.29) is 28.3 Å². The van der Waals surface area contributed by atoms with E-state index in [9.17, 15) is 14.4 Å². The van der Waals surface area contributed by atoms with Crippen molar-refractivity contribution in [2.24, 2.45) is 5.73 Å². The number of carbonyl (C=O) groups is 3. The van der Waals surface area contributed by atoms with Gasteiger partial charge in [-0.3, -0.25) is 19.3 Å². The Bertz CT molecular complexity index is 1210. The minimum atomic E-state index is -1.02. The molecule has 10 nitrogen and oxygen atoms in total. The first-order valence-electron chi connectivity index (χ1n) is 10.9. The molecule has 12 heteroatoms. The summed E-state index contributed by atoms with van der Waals surface area (Å²) in [5.74, 6) is -1.31. The molecule has 1 aliphatic heterocycles. The minimum absolute atomic E-state index is 0.00935. The van der Waals surface area contributed by atoms with E-state index < -0.39 is 17.9 Å². The maximum atomic E-state index is 13.9. The number of aromatic nitrogens is 1. The molecule has 35 heavy (non-hydrogen) atoms. The van der Waals surface area contributed by atoms with Gasteiger partial charge >= 0.3 is 0 Å². The number of nitrogens with zero attached hydrogens (tertiary/aromatic N) is 2. The number of primary amides is 1. The molecule has 4 rings (SSSR count). The van der Waals surface area contributed by atoms with Gasteiger partial charge in [0.25, 0.3) is 11.8 Å². The molecule has 0 unspecified atom stereocenters. The predicted octanol–water partition coefficient (Wildman–Crippen LogP) is 2.58. The van der Waals surface area contributed by atoms with E-state index in [1.165, 1.54) is 23.3 Å². The van der Waals surface area contributed by atoms with Crippen molar-refractivity contribution in [3.05, 3.63) is 57.2 Å². The zero-order chi connectivity index (χ0) is 24.9. The van der Waals surface area contributed by atoms with Crippen LogP contribution < -0.4 is 26.4 Å². The fourth-order valence-electron chi connectivity index (χ4n) is 3.82. The Balaban J connectivity index is 1.78. The lowest BCUT2D eigenvalue weighted by Crippen LogP contribution is -2.45. The summed E-state index contributed by atoms with van der Waals surface area (Å²) in [6.45, 7) is 0.992. The molecule has 0 spiro atoms. The molecule has 1 aliphatic rings. The first kappa shape index (κ1) is 24.6. The van der Waals surface area contributed by atoms with Crippen molar-refractivity contribution in [2.45, 2.75) is 25.0 Å². The van der Waals surface area contributed by atoms with Crippen LogP contribution in [0.4, 0.5) is 11.4 Å². The lowest BCUT2D eigenvalue weighted by molar-refractivity contribution is -0.122. The van der Waals surface area contributed by atoms with Gasteiger partial charge in [-0.05, 0) is 48.0 Å². The quantitative estimate of drug-likeness (QED) is 0.396. The first-order chi connectivity index (χ1) is 16.9. The van der Waals surface area contributed by atoms with Crippen molar-refractivity contribution < 1.29 is 23.9 Å². The number of anilines is 2. The summed E-state index contributed by atoms with van der Waals surface area (Å²) in [5.41, 5.74) is 11.5. The standard InChI is InChI=1S/C23H25N5O5S2/c1-32-14-6-2-5-13(11-14)28(23(31)20-17(24)18(21(25)29)27-35-20)19(16-8-4-10-34-16)22(30)26-12-15-7-3-9-33-15/h2,4-6,8,10-11,15,19H,3,7,9,12,24H2,1H3,(H2,25,29)(H,26,30)/t15-,19-/m0/s1. The zero-order valence-corrected chi connectivity index (χ0v) is 20.6. The maximum absolute atomic E-state index is 13.9. The number of nitrogens with one attached hydrogen (secondary N) is 1. The Morgan fingerprint density at radius 1 is 1.31 bits per heavy atom. The molecule has 2 aromatic heterocycles. The zero-order valence-electron chi connectivity index (χ0n) is 18.9. The Morgan fingerprint density at radius 2 is 2.14 bits per heavy atom. The Labute approximate surface area is 210 Å². The van der Waals surface area contributed by atoms with Gasteiger partial charge < -0.3 is 26.3 Å². The molecular formula is C23H25N5O5S2. The van der Waals surface area contributed by atoms with Gasteiger partial charge in [-0.15, -0.1) is 11.3 Å². The van der Waals surface area contributed by atoms with Crippen LogP contribution in [-0.2, 0) is 9.53 Å². The molecule has 0 bridgehead atoms. The van der Waals surface area contributed by atoms with Crippen LogP contribution >= 0.6 is 22.9 Å². The lowest BCUT2D eigenvalue weighted by atomic mass is 10.1. The van der Waals surface area contributed by atoms with Gasteiger partial charge in [0.2, 0.25) is 5.91 Å².